The number of aromatic nitrogens is 3. The summed E-state index contributed by atoms with van der Waals surface area (Å²) in [7, 11) is 0. The molecule has 0 atom stereocenters. The summed E-state index contributed by atoms with van der Waals surface area (Å²) in [5.41, 5.74) is 0.555. The molecule has 23 heavy (non-hydrogen) atoms. The Labute approximate surface area is 134 Å². The molecular weight excluding hydrogens is 294 g/mol. The standard InChI is InChI=1S/C16H23N5O2/c1-16(6-8-17-9-7-16)12-18-14(22)5-11-21-15(23)20-10-3-2-4-13(20)19-21/h2-4,10,17H,5-9,11-12H2,1H3,(H,18,22). The van der Waals surface area contributed by atoms with Gasteiger partial charge in [-0.2, -0.15) is 0 Å². The van der Waals surface area contributed by atoms with Crippen LogP contribution in [0.25, 0.3) is 5.65 Å². The van der Waals surface area contributed by atoms with Gasteiger partial charge in [-0.1, -0.05) is 13.0 Å². The molecule has 0 unspecified atom stereocenters. The number of hydrogen-bond acceptors (Lipinski definition) is 4. The maximum Gasteiger partial charge on any atom is 0.350 e. The van der Waals surface area contributed by atoms with Gasteiger partial charge in [0, 0.05) is 19.2 Å². The van der Waals surface area contributed by atoms with E-state index in [-0.39, 0.29) is 23.4 Å². The van der Waals surface area contributed by atoms with Crippen LogP contribution >= 0.6 is 0 Å². The van der Waals surface area contributed by atoms with Crippen LogP contribution < -0.4 is 16.3 Å². The van der Waals surface area contributed by atoms with E-state index in [1.54, 1.807) is 18.3 Å². The first kappa shape index (κ1) is 15.7. The summed E-state index contributed by atoms with van der Waals surface area (Å²) in [5.74, 6) is -0.0336. The first-order valence-electron chi connectivity index (χ1n) is 8.09. The van der Waals surface area contributed by atoms with E-state index in [0.717, 1.165) is 25.9 Å². The summed E-state index contributed by atoms with van der Waals surface area (Å²) in [5, 5.41) is 10.6. The molecule has 1 aliphatic heterocycles. The van der Waals surface area contributed by atoms with Gasteiger partial charge in [0.1, 0.15) is 0 Å². The maximum atomic E-state index is 12.1. The van der Waals surface area contributed by atoms with Crippen molar-refractivity contribution in [3.63, 3.8) is 0 Å². The summed E-state index contributed by atoms with van der Waals surface area (Å²) >= 11 is 0. The van der Waals surface area contributed by atoms with E-state index in [1.807, 2.05) is 6.07 Å². The van der Waals surface area contributed by atoms with Gasteiger partial charge in [0.05, 0.1) is 6.54 Å². The third-order valence-corrected chi connectivity index (χ3v) is 4.56. The molecule has 0 radical (unpaired) electrons. The van der Waals surface area contributed by atoms with Gasteiger partial charge in [-0.15, -0.1) is 5.10 Å². The average molecular weight is 317 g/mol. The second kappa shape index (κ2) is 6.54. The summed E-state index contributed by atoms with van der Waals surface area (Å²) < 4.78 is 2.83. The number of pyridine rings is 1. The number of fused-ring (bicyclic) bond motifs is 1. The van der Waals surface area contributed by atoms with Crippen molar-refractivity contribution in [2.45, 2.75) is 32.7 Å². The number of nitrogens with one attached hydrogen (secondary N) is 2. The Kier molecular flexibility index (Phi) is 4.47. The molecule has 0 aromatic carbocycles. The first-order valence-corrected chi connectivity index (χ1v) is 8.09. The zero-order chi connectivity index (χ0) is 16.3. The number of amides is 1. The minimum atomic E-state index is -0.210. The zero-order valence-electron chi connectivity index (χ0n) is 13.4. The second-order valence-corrected chi connectivity index (χ2v) is 6.52. The van der Waals surface area contributed by atoms with Crippen molar-refractivity contribution in [2.75, 3.05) is 19.6 Å². The van der Waals surface area contributed by atoms with Crippen LogP contribution in [0.3, 0.4) is 0 Å². The molecule has 124 valence electrons. The van der Waals surface area contributed by atoms with Crippen LogP contribution in [0.5, 0.6) is 0 Å². The molecule has 3 rings (SSSR count). The molecule has 0 aliphatic carbocycles. The van der Waals surface area contributed by atoms with Crippen LogP contribution in [-0.2, 0) is 11.3 Å². The van der Waals surface area contributed by atoms with Crippen LogP contribution in [0.4, 0.5) is 0 Å². The van der Waals surface area contributed by atoms with E-state index < -0.39 is 0 Å². The Morgan fingerprint density at radius 1 is 1.39 bits per heavy atom. The maximum absolute atomic E-state index is 12.1. The molecule has 1 amide bonds. The van der Waals surface area contributed by atoms with Gasteiger partial charge in [0.2, 0.25) is 5.91 Å². The lowest BCUT2D eigenvalue weighted by atomic mass is 9.81. The van der Waals surface area contributed by atoms with Crippen LogP contribution in [0.1, 0.15) is 26.2 Å². The fourth-order valence-electron chi connectivity index (χ4n) is 2.93. The number of nitrogens with zero attached hydrogens (tertiary/aromatic N) is 3. The van der Waals surface area contributed by atoms with Crippen LogP contribution in [-0.4, -0.2) is 39.7 Å². The lowest BCUT2D eigenvalue weighted by Crippen LogP contribution is -2.43. The molecule has 0 spiro atoms. The van der Waals surface area contributed by atoms with E-state index in [0.29, 0.717) is 18.7 Å². The highest BCUT2D eigenvalue weighted by atomic mass is 16.2. The summed E-state index contributed by atoms with van der Waals surface area (Å²) in [4.78, 5) is 24.2. The SMILES string of the molecule is CC1(CNC(=O)CCn2nc3ccccn3c2=O)CCNCC1. The van der Waals surface area contributed by atoms with Crippen molar-refractivity contribution in [1.29, 1.82) is 0 Å². The molecule has 0 bridgehead atoms. The lowest BCUT2D eigenvalue weighted by molar-refractivity contribution is -0.121. The Balaban J connectivity index is 1.54. The van der Waals surface area contributed by atoms with E-state index >= 15 is 0 Å². The summed E-state index contributed by atoms with van der Waals surface area (Å²) in [6.07, 6.45) is 4.08. The smallest absolute Gasteiger partial charge is 0.350 e. The minimum Gasteiger partial charge on any atom is -0.355 e. The van der Waals surface area contributed by atoms with Crippen molar-refractivity contribution >= 4 is 11.6 Å². The number of aryl methyl sites for hydroxylation is 1. The van der Waals surface area contributed by atoms with E-state index in [4.69, 9.17) is 0 Å². The highest BCUT2D eigenvalue weighted by molar-refractivity contribution is 5.75. The lowest BCUT2D eigenvalue weighted by Gasteiger charge is -2.34. The number of carbonyl (C=O) groups excluding carboxylic acids is 1. The second-order valence-electron chi connectivity index (χ2n) is 6.52. The topological polar surface area (TPSA) is 80.4 Å². The molecule has 2 aromatic heterocycles. The Morgan fingerprint density at radius 3 is 2.91 bits per heavy atom. The van der Waals surface area contributed by atoms with Crippen molar-refractivity contribution in [3.05, 3.63) is 34.9 Å². The number of hydrogen-bond donors (Lipinski definition) is 2. The third kappa shape index (κ3) is 3.61. The van der Waals surface area contributed by atoms with Gasteiger partial charge in [0.15, 0.2) is 5.65 Å². The largest absolute Gasteiger partial charge is 0.355 e. The predicted octanol–water partition coefficient (Wildman–Crippen LogP) is 0.392. The fourth-order valence-corrected chi connectivity index (χ4v) is 2.93. The van der Waals surface area contributed by atoms with E-state index in [9.17, 15) is 9.59 Å². The molecule has 7 nitrogen and oxygen atoms in total. The Morgan fingerprint density at radius 2 is 2.17 bits per heavy atom. The van der Waals surface area contributed by atoms with Gasteiger partial charge in [0.25, 0.3) is 0 Å². The number of piperidine rings is 1. The highest BCUT2D eigenvalue weighted by Gasteiger charge is 2.26. The zero-order valence-corrected chi connectivity index (χ0v) is 13.4. The quantitative estimate of drug-likeness (QED) is 0.836. The highest BCUT2D eigenvalue weighted by Crippen LogP contribution is 2.26. The molecule has 1 fully saturated rings. The fraction of sp³-hybridized carbons (Fsp3) is 0.562. The van der Waals surface area contributed by atoms with Gasteiger partial charge in [-0.3, -0.25) is 9.20 Å². The first-order chi connectivity index (χ1) is 11.1. The summed E-state index contributed by atoms with van der Waals surface area (Å²) in [6.45, 7) is 5.20. The van der Waals surface area contributed by atoms with Gasteiger partial charge in [-0.05, 0) is 43.5 Å². The molecule has 2 N–H and O–H groups in total. The van der Waals surface area contributed by atoms with Gasteiger partial charge in [-0.25, -0.2) is 9.48 Å². The third-order valence-electron chi connectivity index (χ3n) is 4.56. The number of rotatable bonds is 5. The monoisotopic (exact) mass is 317 g/mol. The van der Waals surface area contributed by atoms with Crippen molar-refractivity contribution < 1.29 is 4.79 Å². The Bertz CT molecular complexity index is 742. The molecular formula is C16H23N5O2. The molecule has 2 aromatic rings. The van der Waals surface area contributed by atoms with E-state index in [2.05, 4.69) is 22.7 Å². The van der Waals surface area contributed by atoms with Gasteiger partial charge >= 0.3 is 5.69 Å². The normalized spacial score (nSPS) is 17.3. The minimum absolute atomic E-state index is 0.0336. The van der Waals surface area contributed by atoms with Crippen molar-refractivity contribution in [3.8, 4) is 0 Å². The van der Waals surface area contributed by atoms with E-state index in [1.165, 1.54) is 9.08 Å². The molecule has 3 heterocycles. The predicted molar refractivity (Wildman–Crippen MR) is 87.3 cm³/mol. The number of carbonyl (C=O) groups is 1. The van der Waals surface area contributed by atoms with Crippen LogP contribution in [0, 0.1) is 5.41 Å². The molecule has 0 saturated carbocycles. The molecule has 7 heteroatoms. The average Bonchev–Trinajstić information content (AvgIpc) is 2.88. The van der Waals surface area contributed by atoms with Gasteiger partial charge < -0.3 is 10.6 Å². The van der Waals surface area contributed by atoms with Crippen LogP contribution in [0.15, 0.2) is 29.2 Å². The molecule has 1 aliphatic rings. The summed E-state index contributed by atoms with van der Waals surface area (Å²) in [6, 6.07) is 5.39. The Hall–Kier alpha value is -2.15. The van der Waals surface area contributed by atoms with Crippen molar-refractivity contribution in [2.24, 2.45) is 5.41 Å². The van der Waals surface area contributed by atoms with Crippen molar-refractivity contribution in [1.82, 2.24) is 24.8 Å². The van der Waals surface area contributed by atoms with Crippen LogP contribution in [0.2, 0.25) is 0 Å². The molecule has 1 saturated heterocycles.